The second-order valence-corrected chi connectivity index (χ2v) is 5.87. The molecule has 1 aromatic heterocycles. The number of hydrogen-bond acceptors (Lipinski definition) is 2. The lowest BCUT2D eigenvalue weighted by Gasteiger charge is -2.08. The van der Waals surface area contributed by atoms with E-state index in [1.807, 2.05) is 30.3 Å². The Hall–Kier alpha value is -1.33. The third kappa shape index (κ3) is 2.82. The predicted molar refractivity (Wildman–Crippen MR) is 86.0 cm³/mol. The fraction of sp³-hybridized carbons (Fsp3) is 0.125. The Labute approximate surface area is 125 Å². The van der Waals surface area contributed by atoms with Gasteiger partial charge in [-0.05, 0) is 58.8 Å². The van der Waals surface area contributed by atoms with E-state index >= 15 is 0 Å². The molecule has 3 rings (SSSR count). The van der Waals surface area contributed by atoms with Crippen molar-refractivity contribution in [2.24, 2.45) is 5.73 Å². The molecule has 0 saturated carbocycles. The molecule has 96 valence electrons. The van der Waals surface area contributed by atoms with E-state index in [4.69, 9.17) is 10.2 Å². The fourth-order valence-electron chi connectivity index (χ4n) is 2.16. The predicted octanol–water partition coefficient (Wildman–Crippen LogP) is 4.28. The minimum atomic E-state index is -0.104. The molecule has 0 fully saturated rings. The summed E-state index contributed by atoms with van der Waals surface area (Å²) in [6.07, 6.45) is 0.788. The normalized spacial score (nSPS) is 12.7. The maximum absolute atomic E-state index is 6.23. The number of para-hydroxylation sites is 1. The lowest BCUT2D eigenvalue weighted by molar-refractivity contribution is 0.494. The Balaban J connectivity index is 1.83. The third-order valence-electron chi connectivity index (χ3n) is 3.18. The van der Waals surface area contributed by atoms with Gasteiger partial charge in [-0.15, -0.1) is 0 Å². The Morgan fingerprint density at radius 3 is 2.53 bits per heavy atom. The van der Waals surface area contributed by atoms with Crippen molar-refractivity contribution in [2.75, 3.05) is 0 Å². The van der Waals surface area contributed by atoms with Gasteiger partial charge in [-0.3, -0.25) is 0 Å². The van der Waals surface area contributed by atoms with Crippen molar-refractivity contribution in [2.45, 2.75) is 12.5 Å². The standard InChI is InChI=1S/C16H14INO/c17-13-7-5-11(6-8-13)9-14(18)16-10-12-3-1-2-4-15(12)19-16/h1-8,10,14H,9,18H2. The third-order valence-corrected chi connectivity index (χ3v) is 3.90. The van der Waals surface area contributed by atoms with Crippen LogP contribution >= 0.6 is 22.6 Å². The molecule has 0 saturated heterocycles. The first-order valence-corrected chi connectivity index (χ1v) is 7.29. The molecule has 1 atom stereocenters. The quantitative estimate of drug-likeness (QED) is 0.706. The summed E-state index contributed by atoms with van der Waals surface area (Å²) in [4.78, 5) is 0. The highest BCUT2D eigenvalue weighted by Gasteiger charge is 2.12. The second kappa shape index (κ2) is 5.35. The molecular weight excluding hydrogens is 349 g/mol. The van der Waals surface area contributed by atoms with Crippen LogP contribution in [0, 0.1) is 3.57 Å². The van der Waals surface area contributed by atoms with Gasteiger partial charge in [0.05, 0.1) is 6.04 Å². The molecule has 2 aromatic carbocycles. The van der Waals surface area contributed by atoms with Crippen molar-refractivity contribution in [3.05, 3.63) is 69.5 Å². The van der Waals surface area contributed by atoms with E-state index in [1.165, 1.54) is 9.13 Å². The Kier molecular flexibility index (Phi) is 3.57. The molecule has 2 nitrogen and oxygen atoms in total. The number of halogens is 1. The molecule has 0 spiro atoms. The van der Waals surface area contributed by atoms with E-state index in [0.29, 0.717) is 0 Å². The smallest absolute Gasteiger partial charge is 0.134 e. The first-order chi connectivity index (χ1) is 9.22. The topological polar surface area (TPSA) is 39.2 Å². The minimum absolute atomic E-state index is 0.104. The minimum Gasteiger partial charge on any atom is -0.459 e. The largest absolute Gasteiger partial charge is 0.459 e. The summed E-state index contributed by atoms with van der Waals surface area (Å²) in [5, 5.41) is 1.11. The highest BCUT2D eigenvalue weighted by molar-refractivity contribution is 14.1. The van der Waals surface area contributed by atoms with Gasteiger partial charge >= 0.3 is 0 Å². The van der Waals surface area contributed by atoms with Crippen LogP contribution in [0.25, 0.3) is 11.0 Å². The van der Waals surface area contributed by atoms with Crippen LogP contribution in [-0.2, 0) is 6.42 Å². The Morgan fingerprint density at radius 2 is 1.79 bits per heavy atom. The van der Waals surface area contributed by atoms with Crippen LogP contribution in [0.15, 0.2) is 59.0 Å². The maximum Gasteiger partial charge on any atom is 0.134 e. The van der Waals surface area contributed by atoms with Gasteiger partial charge in [0.2, 0.25) is 0 Å². The van der Waals surface area contributed by atoms with Crippen LogP contribution in [0.3, 0.4) is 0 Å². The van der Waals surface area contributed by atoms with Crippen molar-refractivity contribution < 1.29 is 4.42 Å². The van der Waals surface area contributed by atoms with Crippen LogP contribution in [0.4, 0.5) is 0 Å². The van der Waals surface area contributed by atoms with Crippen LogP contribution < -0.4 is 5.73 Å². The molecule has 3 heteroatoms. The highest BCUT2D eigenvalue weighted by atomic mass is 127. The molecule has 0 aliphatic heterocycles. The van der Waals surface area contributed by atoms with Gasteiger partial charge in [-0.1, -0.05) is 30.3 Å². The summed E-state index contributed by atoms with van der Waals surface area (Å²) in [6.45, 7) is 0. The van der Waals surface area contributed by atoms with E-state index in [0.717, 1.165) is 23.2 Å². The van der Waals surface area contributed by atoms with Gasteiger partial charge in [0.15, 0.2) is 0 Å². The van der Waals surface area contributed by atoms with E-state index in [-0.39, 0.29) is 6.04 Å². The van der Waals surface area contributed by atoms with Gasteiger partial charge in [-0.2, -0.15) is 0 Å². The van der Waals surface area contributed by atoms with Crippen molar-refractivity contribution in [1.82, 2.24) is 0 Å². The van der Waals surface area contributed by atoms with E-state index < -0.39 is 0 Å². The van der Waals surface area contributed by atoms with Gasteiger partial charge in [0.1, 0.15) is 11.3 Å². The molecule has 19 heavy (non-hydrogen) atoms. The summed E-state index contributed by atoms with van der Waals surface area (Å²) >= 11 is 2.30. The number of nitrogens with two attached hydrogens (primary N) is 1. The second-order valence-electron chi connectivity index (χ2n) is 4.62. The van der Waals surface area contributed by atoms with Gasteiger partial charge in [-0.25, -0.2) is 0 Å². The number of furan rings is 1. The molecule has 3 aromatic rings. The van der Waals surface area contributed by atoms with Crippen LogP contribution in [0.2, 0.25) is 0 Å². The van der Waals surface area contributed by atoms with Crippen molar-refractivity contribution in [1.29, 1.82) is 0 Å². The van der Waals surface area contributed by atoms with Crippen molar-refractivity contribution in [3.8, 4) is 0 Å². The Morgan fingerprint density at radius 1 is 1.05 bits per heavy atom. The first kappa shape index (κ1) is 12.7. The molecule has 0 aliphatic rings. The van der Waals surface area contributed by atoms with Gasteiger partial charge in [0.25, 0.3) is 0 Å². The molecule has 0 amide bonds. The van der Waals surface area contributed by atoms with E-state index in [9.17, 15) is 0 Å². The number of rotatable bonds is 3. The zero-order valence-corrected chi connectivity index (χ0v) is 12.5. The summed E-state index contributed by atoms with van der Waals surface area (Å²) in [6, 6.07) is 18.3. The average Bonchev–Trinajstić information content (AvgIpc) is 2.85. The van der Waals surface area contributed by atoms with Crippen LogP contribution in [0.5, 0.6) is 0 Å². The van der Waals surface area contributed by atoms with E-state index in [2.05, 4.69) is 46.9 Å². The van der Waals surface area contributed by atoms with Crippen LogP contribution in [-0.4, -0.2) is 0 Å². The monoisotopic (exact) mass is 363 g/mol. The first-order valence-electron chi connectivity index (χ1n) is 6.21. The zero-order chi connectivity index (χ0) is 13.2. The number of benzene rings is 2. The molecule has 0 aliphatic carbocycles. The summed E-state index contributed by atoms with van der Waals surface area (Å²) in [5.41, 5.74) is 8.36. The lowest BCUT2D eigenvalue weighted by Crippen LogP contribution is -2.12. The summed E-state index contributed by atoms with van der Waals surface area (Å²) in [5.74, 6) is 0.847. The fourth-order valence-corrected chi connectivity index (χ4v) is 2.52. The van der Waals surface area contributed by atoms with E-state index in [1.54, 1.807) is 0 Å². The highest BCUT2D eigenvalue weighted by Crippen LogP contribution is 2.24. The zero-order valence-electron chi connectivity index (χ0n) is 10.3. The molecule has 1 unspecified atom stereocenters. The number of hydrogen-bond donors (Lipinski definition) is 1. The lowest BCUT2D eigenvalue weighted by atomic mass is 10.0. The molecule has 2 N–H and O–H groups in total. The Bertz CT molecular complexity index is 654. The maximum atomic E-state index is 6.23. The molecular formula is C16H14INO. The van der Waals surface area contributed by atoms with Gasteiger partial charge in [0, 0.05) is 8.96 Å². The average molecular weight is 363 g/mol. The van der Waals surface area contributed by atoms with Gasteiger partial charge < -0.3 is 10.2 Å². The molecule has 0 bridgehead atoms. The van der Waals surface area contributed by atoms with Crippen molar-refractivity contribution in [3.63, 3.8) is 0 Å². The molecule has 0 radical (unpaired) electrons. The van der Waals surface area contributed by atoms with Crippen molar-refractivity contribution >= 4 is 33.6 Å². The number of fused-ring (bicyclic) bond motifs is 1. The summed E-state index contributed by atoms with van der Waals surface area (Å²) < 4.78 is 7.03. The molecule has 1 heterocycles. The SMILES string of the molecule is NC(Cc1ccc(I)cc1)c1cc2ccccc2o1. The van der Waals surface area contributed by atoms with Crippen LogP contribution in [0.1, 0.15) is 17.4 Å². The summed E-state index contributed by atoms with van der Waals surface area (Å²) in [7, 11) is 0.